The molecule has 0 aliphatic heterocycles. The number of carbonyl (C=O) groups excluding carboxylic acids is 2. The van der Waals surface area contributed by atoms with E-state index in [-0.39, 0.29) is 0 Å². The molecule has 0 fully saturated rings. The highest BCUT2D eigenvalue weighted by Gasteiger charge is 2.28. The third-order valence-corrected chi connectivity index (χ3v) is 6.35. The lowest BCUT2D eigenvalue weighted by atomic mass is 10.1. The molecule has 0 spiro atoms. The van der Waals surface area contributed by atoms with Gasteiger partial charge < -0.3 is 19.8 Å². The summed E-state index contributed by atoms with van der Waals surface area (Å²) in [5.74, 6) is -0.964. The molecule has 0 aromatic carbocycles. The van der Waals surface area contributed by atoms with Crippen LogP contribution in [0.25, 0.3) is 9.88 Å². The average molecular weight is 462 g/mol. The second-order valence-electron chi connectivity index (χ2n) is 7.90. The first kappa shape index (κ1) is 23.2. The second-order valence-corrected chi connectivity index (χ2v) is 9.71. The summed E-state index contributed by atoms with van der Waals surface area (Å²) in [6.45, 7) is 8.20. The van der Waals surface area contributed by atoms with Gasteiger partial charge in [-0.2, -0.15) is 0 Å². The minimum atomic E-state index is -0.637. The summed E-state index contributed by atoms with van der Waals surface area (Å²) in [6, 6.07) is 4.05. The number of thiophene rings is 1. The Morgan fingerprint density at radius 1 is 1.19 bits per heavy atom. The van der Waals surface area contributed by atoms with Crippen molar-refractivity contribution in [2.45, 2.75) is 52.8 Å². The molecule has 7 nitrogen and oxygen atoms in total. The quantitative estimate of drug-likeness (QED) is 0.468. The number of methoxy groups -OCH3 is 1. The summed E-state index contributed by atoms with van der Waals surface area (Å²) in [5.41, 5.74) is 2.16. The molecular formula is C22H27N3O4S2. The van der Waals surface area contributed by atoms with Gasteiger partial charge in [-0.05, 0) is 44.2 Å². The zero-order chi connectivity index (χ0) is 22.6. The standard InChI is InChI=1S/C22H27N3O4S2/c1-6-14-17(20(26)28-5)15(25-18(14)21(27)29-22(2,3)4)11-23-10-13-12-31-19(24-13)16-8-7-9-30-16/h7-9,12,23,25H,6,10-11H2,1-5H3. The van der Waals surface area contributed by atoms with Crippen molar-refractivity contribution in [3.05, 3.63) is 51.1 Å². The van der Waals surface area contributed by atoms with Crippen LogP contribution in [0.15, 0.2) is 22.9 Å². The molecule has 0 atom stereocenters. The number of hydrogen-bond donors (Lipinski definition) is 2. The smallest absolute Gasteiger partial charge is 0.355 e. The minimum Gasteiger partial charge on any atom is -0.465 e. The summed E-state index contributed by atoms with van der Waals surface area (Å²) in [7, 11) is 1.33. The Morgan fingerprint density at radius 2 is 1.97 bits per heavy atom. The Balaban J connectivity index is 1.78. The molecule has 31 heavy (non-hydrogen) atoms. The summed E-state index contributed by atoms with van der Waals surface area (Å²) in [6.07, 6.45) is 0.492. The maximum Gasteiger partial charge on any atom is 0.355 e. The van der Waals surface area contributed by atoms with Crippen molar-refractivity contribution >= 4 is 34.6 Å². The third kappa shape index (κ3) is 5.61. The van der Waals surface area contributed by atoms with E-state index >= 15 is 0 Å². The zero-order valence-corrected chi connectivity index (χ0v) is 20.0. The SMILES string of the molecule is CCc1c(C(=O)OC(C)(C)C)[nH]c(CNCc2csc(-c3cccs3)n2)c1C(=O)OC. The van der Waals surface area contributed by atoms with Crippen molar-refractivity contribution in [3.63, 3.8) is 0 Å². The van der Waals surface area contributed by atoms with E-state index < -0.39 is 17.5 Å². The van der Waals surface area contributed by atoms with E-state index in [4.69, 9.17) is 9.47 Å². The minimum absolute atomic E-state index is 0.295. The molecule has 9 heteroatoms. The topological polar surface area (TPSA) is 93.3 Å². The Morgan fingerprint density at radius 3 is 2.58 bits per heavy atom. The number of aromatic nitrogens is 2. The van der Waals surface area contributed by atoms with E-state index in [1.165, 1.54) is 7.11 Å². The van der Waals surface area contributed by atoms with Crippen LogP contribution < -0.4 is 5.32 Å². The molecule has 3 heterocycles. The van der Waals surface area contributed by atoms with Crippen LogP contribution in [-0.2, 0) is 29.0 Å². The largest absolute Gasteiger partial charge is 0.465 e. The number of ether oxygens (including phenoxy) is 2. The van der Waals surface area contributed by atoms with Gasteiger partial charge in [0.25, 0.3) is 0 Å². The maximum atomic E-state index is 12.7. The molecule has 0 bridgehead atoms. The maximum absolute atomic E-state index is 12.7. The number of esters is 2. The van der Waals surface area contributed by atoms with E-state index in [9.17, 15) is 9.59 Å². The van der Waals surface area contributed by atoms with Gasteiger partial charge in [-0.25, -0.2) is 14.6 Å². The molecule has 0 unspecified atom stereocenters. The van der Waals surface area contributed by atoms with Crippen LogP contribution in [0, 0.1) is 0 Å². The molecule has 3 aromatic heterocycles. The summed E-state index contributed by atoms with van der Waals surface area (Å²) in [5, 5.41) is 8.34. The Labute approximate surface area is 189 Å². The fraction of sp³-hybridized carbons (Fsp3) is 0.409. The predicted molar refractivity (Wildman–Crippen MR) is 123 cm³/mol. The molecule has 166 valence electrons. The summed E-state index contributed by atoms with van der Waals surface area (Å²) < 4.78 is 10.5. The molecule has 0 amide bonds. The van der Waals surface area contributed by atoms with Crippen molar-refractivity contribution in [1.29, 1.82) is 0 Å². The molecule has 0 aliphatic rings. The number of carbonyl (C=O) groups is 2. The van der Waals surface area contributed by atoms with E-state index in [1.807, 2.05) is 29.8 Å². The first-order valence-electron chi connectivity index (χ1n) is 9.97. The summed E-state index contributed by atoms with van der Waals surface area (Å²) >= 11 is 3.26. The van der Waals surface area contributed by atoms with Gasteiger partial charge >= 0.3 is 11.9 Å². The highest BCUT2D eigenvalue weighted by Crippen LogP contribution is 2.28. The molecular weight excluding hydrogens is 434 g/mol. The van der Waals surface area contributed by atoms with Gasteiger partial charge in [0.15, 0.2) is 0 Å². The van der Waals surface area contributed by atoms with Crippen molar-refractivity contribution in [2.24, 2.45) is 0 Å². The first-order chi connectivity index (χ1) is 14.7. The molecule has 3 rings (SSSR count). The van der Waals surface area contributed by atoms with Crippen molar-refractivity contribution in [1.82, 2.24) is 15.3 Å². The number of rotatable bonds is 8. The van der Waals surface area contributed by atoms with E-state index in [1.54, 1.807) is 43.4 Å². The van der Waals surface area contributed by atoms with Gasteiger partial charge in [-0.3, -0.25) is 0 Å². The lowest BCUT2D eigenvalue weighted by Gasteiger charge is -2.19. The number of H-pyrrole nitrogens is 1. The fourth-order valence-corrected chi connectivity index (χ4v) is 4.78. The molecule has 0 aliphatic carbocycles. The monoisotopic (exact) mass is 461 g/mol. The number of nitrogens with one attached hydrogen (secondary N) is 2. The first-order valence-corrected chi connectivity index (χ1v) is 11.7. The van der Waals surface area contributed by atoms with Crippen LogP contribution in [0.3, 0.4) is 0 Å². The van der Waals surface area contributed by atoms with Crippen LogP contribution in [0.2, 0.25) is 0 Å². The second kappa shape index (κ2) is 9.76. The van der Waals surface area contributed by atoms with E-state index in [0.717, 1.165) is 15.6 Å². The van der Waals surface area contributed by atoms with E-state index in [0.29, 0.717) is 42.0 Å². The molecule has 0 saturated heterocycles. The number of thiazole rings is 1. The fourth-order valence-electron chi connectivity index (χ4n) is 3.15. The van der Waals surface area contributed by atoms with Crippen LogP contribution in [0.1, 0.15) is 65.5 Å². The van der Waals surface area contributed by atoms with Gasteiger partial charge in [-0.15, -0.1) is 22.7 Å². The average Bonchev–Trinajstić information content (AvgIpc) is 3.45. The van der Waals surface area contributed by atoms with Gasteiger partial charge in [0.2, 0.25) is 0 Å². The van der Waals surface area contributed by atoms with E-state index in [2.05, 4.69) is 15.3 Å². The van der Waals surface area contributed by atoms with Gasteiger partial charge in [0, 0.05) is 24.2 Å². The van der Waals surface area contributed by atoms with Crippen LogP contribution >= 0.6 is 22.7 Å². The highest BCUT2D eigenvalue weighted by molar-refractivity contribution is 7.20. The highest BCUT2D eigenvalue weighted by atomic mass is 32.1. The Kier molecular flexibility index (Phi) is 7.30. The predicted octanol–water partition coefficient (Wildman–Crippen LogP) is 4.79. The van der Waals surface area contributed by atoms with Crippen LogP contribution in [0.4, 0.5) is 0 Å². The number of aromatic amines is 1. The van der Waals surface area contributed by atoms with Crippen LogP contribution in [0.5, 0.6) is 0 Å². The molecule has 3 aromatic rings. The number of nitrogens with zero attached hydrogens (tertiary/aromatic N) is 1. The Hall–Kier alpha value is -2.49. The summed E-state index contributed by atoms with van der Waals surface area (Å²) in [4.78, 5) is 34.1. The van der Waals surface area contributed by atoms with Gasteiger partial charge in [0.05, 0.1) is 23.2 Å². The van der Waals surface area contributed by atoms with Gasteiger partial charge in [0.1, 0.15) is 16.3 Å². The number of hydrogen-bond acceptors (Lipinski definition) is 8. The lowest BCUT2D eigenvalue weighted by molar-refractivity contribution is 0.00622. The van der Waals surface area contributed by atoms with Crippen molar-refractivity contribution in [2.75, 3.05) is 7.11 Å². The third-order valence-electron chi connectivity index (χ3n) is 4.42. The van der Waals surface area contributed by atoms with Crippen LogP contribution in [-0.4, -0.2) is 34.6 Å². The van der Waals surface area contributed by atoms with Crippen molar-refractivity contribution in [3.8, 4) is 9.88 Å². The molecule has 0 radical (unpaired) electrons. The normalized spacial score (nSPS) is 11.5. The van der Waals surface area contributed by atoms with Gasteiger partial charge in [-0.1, -0.05) is 13.0 Å². The zero-order valence-electron chi connectivity index (χ0n) is 18.3. The lowest BCUT2D eigenvalue weighted by Crippen LogP contribution is -2.24. The van der Waals surface area contributed by atoms with Crippen molar-refractivity contribution < 1.29 is 19.1 Å². The molecule has 0 saturated carbocycles. The molecule has 2 N–H and O–H groups in total. The Bertz CT molecular complexity index is 1050.